The number of aliphatic hydroxyl groups is 1. The van der Waals surface area contributed by atoms with E-state index in [0.29, 0.717) is 6.04 Å². The molecule has 0 saturated heterocycles. The lowest BCUT2D eigenvalue weighted by Gasteiger charge is -2.22. The Morgan fingerprint density at radius 3 is 3.00 bits per heavy atom. The van der Waals surface area contributed by atoms with Crippen LogP contribution in [0.15, 0.2) is 11.8 Å². The third-order valence-corrected chi connectivity index (χ3v) is 1.96. The molecule has 1 aliphatic heterocycles. The molecule has 0 saturated carbocycles. The molecular formula is C8H15NO2. The molecule has 3 heteroatoms. The minimum Gasteiger partial charge on any atom is -0.388 e. The summed E-state index contributed by atoms with van der Waals surface area (Å²) in [6.07, 6.45) is 3.10. The van der Waals surface area contributed by atoms with Gasteiger partial charge in [-0.3, -0.25) is 0 Å². The molecule has 0 amide bonds. The van der Waals surface area contributed by atoms with Crippen molar-refractivity contribution in [2.75, 3.05) is 7.11 Å². The first-order valence-electron chi connectivity index (χ1n) is 3.90. The highest BCUT2D eigenvalue weighted by atomic mass is 16.6. The van der Waals surface area contributed by atoms with Crippen molar-refractivity contribution in [2.45, 2.75) is 32.1 Å². The maximum Gasteiger partial charge on any atom is 0.178 e. The van der Waals surface area contributed by atoms with Gasteiger partial charge in [-0.1, -0.05) is 0 Å². The van der Waals surface area contributed by atoms with E-state index in [1.165, 1.54) is 7.11 Å². The number of hydrogen-bond donors (Lipinski definition) is 2. The molecule has 0 bridgehead atoms. The van der Waals surface area contributed by atoms with Gasteiger partial charge in [0.15, 0.2) is 6.29 Å². The maximum atomic E-state index is 9.24. The molecule has 3 nitrogen and oxygen atoms in total. The summed E-state index contributed by atoms with van der Waals surface area (Å²) in [5.74, 6) is 0. The van der Waals surface area contributed by atoms with Crippen LogP contribution in [-0.2, 0) is 4.74 Å². The van der Waals surface area contributed by atoms with Crippen molar-refractivity contribution in [3.8, 4) is 0 Å². The number of methoxy groups -OCH3 is 1. The normalized spacial score (nSPS) is 27.2. The van der Waals surface area contributed by atoms with Gasteiger partial charge in [-0.2, -0.15) is 0 Å². The fourth-order valence-electron chi connectivity index (χ4n) is 1.13. The summed E-state index contributed by atoms with van der Waals surface area (Å²) in [6, 6.07) is 0.516. The lowest BCUT2D eigenvalue weighted by molar-refractivity contribution is -0.0480. The number of nitrogens with one attached hydrogen (secondary N) is 1. The zero-order valence-corrected chi connectivity index (χ0v) is 7.00. The molecule has 0 radical (unpaired) electrons. The first-order chi connectivity index (χ1) is 5.24. The molecule has 0 aliphatic carbocycles. The van der Waals surface area contributed by atoms with Crippen LogP contribution in [0.2, 0.25) is 0 Å². The van der Waals surface area contributed by atoms with Crippen LogP contribution in [0.1, 0.15) is 19.8 Å². The Hall–Kier alpha value is -0.540. The van der Waals surface area contributed by atoms with E-state index in [0.717, 1.165) is 18.4 Å². The van der Waals surface area contributed by atoms with E-state index >= 15 is 0 Å². The summed E-state index contributed by atoms with van der Waals surface area (Å²) in [6.45, 7) is 2.12. The summed E-state index contributed by atoms with van der Waals surface area (Å²) >= 11 is 0. The van der Waals surface area contributed by atoms with E-state index in [-0.39, 0.29) is 0 Å². The quantitative estimate of drug-likeness (QED) is 0.577. The van der Waals surface area contributed by atoms with E-state index in [1.807, 2.05) is 6.20 Å². The molecule has 2 atom stereocenters. The van der Waals surface area contributed by atoms with Crippen LogP contribution in [0.3, 0.4) is 0 Å². The average Bonchev–Trinajstić information content (AvgIpc) is 2.05. The molecule has 0 aromatic rings. The lowest BCUT2D eigenvalue weighted by Crippen LogP contribution is -2.28. The Morgan fingerprint density at radius 1 is 1.82 bits per heavy atom. The van der Waals surface area contributed by atoms with Gasteiger partial charge < -0.3 is 15.2 Å². The molecule has 0 fully saturated rings. The monoisotopic (exact) mass is 157 g/mol. The molecule has 1 aliphatic rings. The Bertz CT molecular complexity index is 156. The Kier molecular flexibility index (Phi) is 2.91. The van der Waals surface area contributed by atoms with Gasteiger partial charge >= 0.3 is 0 Å². The second-order valence-electron chi connectivity index (χ2n) is 2.91. The summed E-state index contributed by atoms with van der Waals surface area (Å²) in [5.41, 5.74) is 0.936. The van der Waals surface area contributed by atoms with Gasteiger partial charge in [-0.25, -0.2) is 0 Å². The van der Waals surface area contributed by atoms with Crippen LogP contribution >= 0.6 is 0 Å². The highest BCUT2D eigenvalue weighted by molar-refractivity contribution is 5.08. The molecule has 0 aromatic carbocycles. The SMILES string of the molecule is COC(O)C1=CNC(C)CC1. The van der Waals surface area contributed by atoms with Crippen LogP contribution in [0.4, 0.5) is 0 Å². The van der Waals surface area contributed by atoms with Crippen LogP contribution in [-0.4, -0.2) is 24.5 Å². The second-order valence-corrected chi connectivity index (χ2v) is 2.91. The number of aliphatic hydroxyl groups excluding tert-OH is 1. The predicted molar refractivity (Wildman–Crippen MR) is 42.9 cm³/mol. The van der Waals surface area contributed by atoms with Gasteiger partial charge in [0.05, 0.1) is 0 Å². The molecule has 2 unspecified atom stereocenters. The van der Waals surface area contributed by atoms with E-state index < -0.39 is 6.29 Å². The standard InChI is InChI=1S/C8H15NO2/c1-6-3-4-7(5-9-6)8(10)11-2/h5-6,8-10H,3-4H2,1-2H3. The first kappa shape index (κ1) is 8.56. The van der Waals surface area contributed by atoms with E-state index in [2.05, 4.69) is 12.2 Å². The van der Waals surface area contributed by atoms with Gasteiger partial charge in [-0.15, -0.1) is 0 Å². The maximum absolute atomic E-state index is 9.24. The van der Waals surface area contributed by atoms with Crippen molar-refractivity contribution in [2.24, 2.45) is 0 Å². The molecule has 1 heterocycles. The first-order valence-corrected chi connectivity index (χ1v) is 3.90. The van der Waals surface area contributed by atoms with Crippen LogP contribution < -0.4 is 5.32 Å². The van der Waals surface area contributed by atoms with Crippen molar-refractivity contribution < 1.29 is 9.84 Å². The second kappa shape index (κ2) is 3.74. The number of rotatable bonds is 2. The average molecular weight is 157 g/mol. The fraction of sp³-hybridized carbons (Fsp3) is 0.750. The molecule has 11 heavy (non-hydrogen) atoms. The largest absolute Gasteiger partial charge is 0.388 e. The third-order valence-electron chi connectivity index (χ3n) is 1.96. The van der Waals surface area contributed by atoms with Gasteiger partial charge in [0.25, 0.3) is 0 Å². The summed E-state index contributed by atoms with van der Waals surface area (Å²) in [7, 11) is 1.50. The Labute approximate surface area is 67.1 Å². The Morgan fingerprint density at radius 2 is 2.55 bits per heavy atom. The van der Waals surface area contributed by atoms with E-state index in [1.54, 1.807) is 0 Å². The highest BCUT2D eigenvalue weighted by Gasteiger charge is 2.14. The van der Waals surface area contributed by atoms with Gasteiger partial charge in [-0.05, 0) is 19.8 Å². The van der Waals surface area contributed by atoms with Crippen LogP contribution in [0.5, 0.6) is 0 Å². The minimum absolute atomic E-state index is 0.516. The van der Waals surface area contributed by atoms with Crippen molar-refractivity contribution in [3.63, 3.8) is 0 Å². The summed E-state index contributed by atoms with van der Waals surface area (Å²) < 4.78 is 4.77. The zero-order valence-electron chi connectivity index (χ0n) is 7.00. The smallest absolute Gasteiger partial charge is 0.178 e. The van der Waals surface area contributed by atoms with Crippen molar-refractivity contribution in [1.82, 2.24) is 5.32 Å². The molecule has 64 valence electrons. The lowest BCUT2D eigenvalue weighted by atomic mass is 10.0. The zero-order chi connectivity index (χ0) is 8.27. The van der Waals surface area contributed by atoms with Gasteiger partial charge in [0.1, 0.15) is 0 Å². The van der Waals surface area contributed by atoms with Crippen molar-refractivity contribution in [3.05, 3.63) is 11.8 Å². The van der Waals surface area contributed by atoms with Crippen LogP contribution in [0, 0.1) is 0 Å². The third kappa shape index (κ3) is 2.20. The van der Waals surface area contributed by atoms with Crippen LogP contribution in [0.25, 0.3) is 0 Å². The van der Waals surface area contributed by atoms with Gasteiger partial charge in [0.2, 0.25) is 0 Å². The number of hydrogen-bond acceptors (Lipinski definition) is 3. The van der Waals surface area contributed by atoms with E-state index in [9.17, 15) is 5.11 Å². The molecular weight excluding hydrogens is 142 g/mol. The molecule has 2 N–H and O–H groups in total. The summed E-state index contributed by atoms with van der Waals surface area (Å²) in [5, 5.41) is 12.4. The predicted octanol–water partition coefficient (Wildman–Crippen LogP) is 0.607. The molecule has 1 rings (SSSR count). The Balaban J connectivity index is 2.47. The fourth-order valence-corrected chi connectivity index (χ4v) is 1.13. The van der Waals surface area contributed by atoms with Crippen molar-refractivity contribution >= 4 is 0 Å². The van der Waals surface area contributed by atoms with Gasteiger partial charge in [0, 0.05) is 24.9 Å². The van der Waals surface area contributed by atoms with Crippen molar-refractivity contribution in [1.29, 1.82) is 0 Å². The highest BCUT2D eigenvalue weighted by Crippen LogP contribution is 2.15. The molecule has 0 aromatic heterocycles. The number of ether oxygens (including phenoxy) is 1. The van der Waals surface area contributed by atoms with E-state index in [4.69, 9.17) is 4.74 Å². The minimum atomic E-state index is -0.727. The molecule has 0 spiro atoms. The topological polar surface area (TPSA) is 41.5 Å². The summed E-state index contributed by atoms with van der Waals surface area (Å²) in [4.78, 5) is 0.